The molecule has 2 rings (SSSR count). The lowest BCUT2D eigenvalue weighted by atomic mass is 10.1. The largest absolute Gasteiger partial charge is 0.496 e. The molecule has 0 radical (unpaired) electrons. The first-order valence-electron chi connectivity index (χ1n) is 6.48. The van der Waals surface area contributed by atoms with E-state index in [2.05, 4.69) is 5.32 Å². The van der Waals surface area contributed by atoms with Gasteiger partial charge in [0.1, 0.15) is 5.75 Å². The lowest BCUT2D eigenvalue weighted by molar-refractivity contribution is 0.0950. The van der Waals surface area contributed by atoms with Crippen LogP contribution in [0.4, 0.5) is 5.69 Å². The fourth-order valence-electron chi connectivity index (χ4n) is 2.05. The Balaban J connectivity index is 2.17. The second-order valence-corrected chi connectivity index (χ2v) is 5.08. The zero-order valence-electron chi connectivity index (χ0n) is 11.9. The maximum atomic E-state index is 12.3. The summed E-state index contributed by atoms with van der Waals surface area (Å²) in [5.41, 5.74) is 8.45. The highest BCUT2D eigenvalue weighted by molar-refractivity contribution is 6.31. The van der Waals surface area contributed by atoms with Crippen molar-refractivity contribution in [2.24, 2.45) is 0 Å². The van der Waals surface area contributed by atoms with Gasteiger partial charge in [0, 0.05) is 28.4 Å². The number of aryl methyl sites for hydroxylation is 1. The van der Waals surface area contributed by atoms with Crippen LogP contribution in [0.1, 0.15) is 21.5 Å². The topological polar surface area (TPSA) is 64.3 Å². The van der Waals surface area contributed by atoms with E-state index in [-0.39, 0.29) is 12.5 Å². The Labute approximate surface area is 128 Å². The Kier molecular flexibility index (Phi) is 4.70. The lowest BCUT2D eigenvalue weighted by Gasteiger charge is -2.12. The summed E-state index contributed by atoms with van der Waals surface area (Å²) < 4.78 is 5.25. The Bertz CT molecular complexity index is 671. The molecule has 2 aromatic rings. The van der Waals surface area contributed by atoms with Gasteiger partial charge in [0.25, 0.3) is 5.91 Å². The Morgan fingerprint density at radius 2 is 2.10 bits per heavy atom. The van der Waals surface area contributed by atoms with Crippen LogP contribution in [-0.2, 0) is 6.54 Å². The number of carbonyl (C=O) groups is 1. The maximum absolute atomic E-state index is 12.3. The van der Waals surface area contributed by atoms with Crippen LogP contribution in [0.2, 0.25) is 5.02 Å². The Morgan fingerprint density at radius 1 is 1.33 bits per heavy atom. The molecule has 0 bridgehead atoms. The molecule has 21 heavy (non-hydrogen) atoms. The Hall–Kier alpha value is -2.20. The van der Waals surface area contributed by atoms with E-state index >= 15 is 0 Å². The highest BCUT2D eigenvalue weighted by Gasteiger charge is 2.12. The molecular formula is C16H17ClN2O2. The zero-order chi connectivity index (χ0) is 15.4. The number of anilines is 1. The van der Waals surface area contributed by atoms with E-state index in [0.29, 0.717) is 22.0 Å². The van der Waals surface area contributed by atoms with Crippen LogP contribution in [-0.4, -0.2) is 13.0 Å². The van der Waals surface area contributed by atoms with Crippen LogP contribution in [0.25, 0.3) is 0 Å². The molecule has 0 heterocycles. The average Bonchev–Trinajstić information content (AvgIpc) is 2.47. The first-order chi connectivity index (χ1) is 10.0. The maximum Gasteiger partial charge on any atom is 0.251 e. The first kappa shape index (κ1) is 15.2. The van der Waals surface area contributed by atoms with Gasteiger partial charge in [-0.1, -0.05) is 23.7 Å². The molecule has 0 aliphatic carbocycles. The van der Waals surface area contributed by atoms with Gasteiger partial charge in [-0.3, -0.25) is 4.79 Å². The molecule has 0 unspecified atom stereocenters. The van der Waals surface area contributed by atoms with Gasteiger partial charge in [-0.15, -0.1) is 0 Å². The molecule has 0 fully saturated rings. The van der Waals surface area contributed by atoms with Gasteiger partial charge in [-0.25, -0.2) is 0 Å². The van der Waals surface area contributed by atoms with Crippen molar-refractivity contribution >= 4 is 23.2 Å². The molecule has 1 amide bonds. The van der Waals surface area contributed by atoms with Crippen LogP contribution in [0.3, 0.4) is 0 Å². The minimum Gasteiger partial charge on any atom is -0.496 e. The number of hydrogen-bond donors (Lipinski definition) is 2. The molecule has 3 N–H and O–H groups in total. The van der Waals surface area contributed by atoms with Crippen LogP contribution in [0, 0.1) is 6.92 Å². The van der Waals surface area contributed by atoms with E-state index in [1.54, 1.807) is 37.4 Å². The van der Waals surface area contributed by atoms with Gasteiger partial charge in [0.05, 0.1) is 7.11 Å². The number of benzene rings is 2. The summed E-state index contributed by atoms with van der Waals surface area (Å²) in [6, 6.07) is 10.6. The third kappa shape index (κ3) is 3.47. The average molecular weight is 305 g/mol. The summed E-state index contributed by atoms with van der Waals surface area (Å²) >= 11 is 6.14. The zero-order valence-corrected chi connectivity index (χ0v) is 12.7. The van der Waals surface area contributed by atoms with Crippen molar-refractivity contribution in [3.05, 3.63) is 58.1 Å². The minimum atomic E-state index is -0.193. The molecule has 0 saturated carbocycles. The predicted molar refractivity (Wildman–Crippen MR) is 84.8 cm³/mol. The van der Waals surface area contributed by atoms with E-state index in [4.69, 9.17) is 22.1 Å². The molecule has 4 nitrogen and oxygen atoms in total. The van der Waals surface area contributed by atoms with Gasteiger partial charge < -0.3 is 15.8 Å². The van der Waals surface area contributed by atoms with E-state index in [9.17, 15) is 4.79 Å². The SMILES string of the molecule is COc1cccc(Cl)c1CNC(=O)c1cc(N)ccc1C. The summed E-state index contributed by atoms with van der Waals surface area (Å²) in [5.74, 6) is 0.453. The molecule has 0 saturated heterocycles. The van der Waals surface area contributed by atoms with Gasteiger partial charge in [-0.2, -0.15) is 0 Å². The highest BCUT2D eigenvalue weighted by atomic mass is 35.5. The van der Waals surface area contributed by atoms with Gasteiger partial charge in [-0.05, 0) is 36.8 Å². The van der Waals surface area contributed by atoms with Gasteiger partial charge >= 0.3 is 0 Å². The highest BCUT2D eigenvalue weighted by Crippen LogP contribution is 2.26. The molecule has 2 aromatic carbocycles. The van der Waals surface area contributed by atoms with Gasteiger partial charge in [0.15, 0.2) is 0 Å². The van der Waals surface area contributed by atoms with Crippen molar-refractivity contribution in [2.45, 2.75) is 13.5 Å². The van der Waals surface area contributed by atoms with E-state index in [1.807, 2.05) is 13.0 Å². The standard InChI is InChI=1S/C16H17ClN2O2/c1-10-6-7-11(18)8-12(10)16(20)19-9-13-14(17)4-3-5-15(13)21-2/h3-8H,9,18H2,1-2H3,(H,19,20). The third-order valence-corrected chi connectivity index (χ3v) is 3.58. The number of amides is 1. The molecule has 0 atom stereocenters. The summed E-state index contributed by atoms with van der Waals surface area (Å²) in [7, 11) is 1.57. The van der Waals surface area contributed by atoms with Crippen LogP contribution in [0.5, 0.6) is 5.75 Å². The quantitative estimate of drug-likeness (QED) is 0.853. The second-order valence-electron chi connectivity index (χ2n) is 4.68. The van der Waals surface area contributed by atoms with E-state index in [0.717, 1.165) is 11.1 Å². The smallest absolute Gasteiger partial charge is 0.251 e. The predicted octanol–water partition coefficient (Wildman–Crippen LogP) is 3.17. The number of nitrogens with one attached hydrogen (secondary N) is 1. The second kappa shape index (κ2) is 6.50. The summed E-state index contributed by atoms with van der Waals surface area (Å²) in [6.45, 7) is 2.15. The first-order valence-corrected chi connectivity index (χ1v) is 6.86. The molecule has 0 spiro atoms. The fourth-order valence-corrected chi connectivity index (χ4v) is 2.28. The number of nitrogens with two attached hydrogens (primary N) is 1. The van der Waals surface area contributed by atoms with Crippen molar-refractivity contribution in [2.75, 3.05) is 12.8 Å². The van der Waals surface area contributed by atoms with Gasteiger partial charge in [0.2, 0.25) is 0 Å². The molecule has 0 aliphatic heterocycles. The number of methoxy groups -OCH3 is 1. The number of rotatable bonds is 4. The number of halogens is 1. The molecular weight excluding hydrogens is 288 g/mol. The van der Waals surface area contributed by atoms with E-state index in [1.165, 1.54) is 0 Å². The molecule has 0 aromatic heterocycles. The van der Waals surface area contributed by atoms with E-state index < -0.39 is 0 Å². The van der Waals surface area contributed by atoms with Crippen molar-refractivity contribution in [1.29, 1.82) is 0 Å². The van der Waals surface area contributed by atoms with Crippen molar-refractivity contribution in [3.63, 3.8) is 0 Å². The summed E-state index contributed by atoms with van der Waals surface area (Å²) in [5, 5.41) is 3.39. The van der Waals surface area contributed by atoms with Crippen LogP contribution in [0.15, 0.2) is 36.4 Å². The lowest BCUT2D eigenvalue weighted by Crippen LogP contribution is -2.24. The van der Waals surface area contributed by atoms with Crippen LogP contribution < -0.4 is 15.8 Å². The molecule has 5 heteroatoms. The monoisotopic (exact) mass is 304 g/mol. The number of hydrogen-bond acceptors (Lipinski definition) is 3. The normalized spacial score (nSPS) is 10.2. The van der Waals surface area contributed by atoms with Crippen molar-refractivity contribution < 1.29 is 9.53 Å². The molecule has 110 valence electrons. The Morgan fingerprint density at radius 3 is 2.81 bits per heavy atom. The van der Waals surface area contributed by atoms with Crippen molar-refractivity contribution in [1.82, 2.24) is 5.32 Å². The number of carbonyl (C=O) groups excluding carboxylic acids is 1. The summed E-state index contributed by atoms with van der Waals surface area (Å²) in [4.78, 5) is 12.3. The summed E-state index contributed by atoms with van der Waals surface area (Å²) in [6.07, 6.45) is 0. The third-order valence-electron chi connectivity index (χ3n) is 3.23. The molecule has 0 aliphatic rings. The minimum absolute atomic E-state index is 0.193. The number of nitrogen functional groups attached to an aromatic ring is 1. The van der Waals surface area contributed by atoms with Crippen LogP contribution >= 0.6 is 11.6 Å². The fraction of sp³-hybridized carbons (Fsp3) is 0.188. The number of ether oxygens (including phenoxy) is 1. The van der Waals surface area contributed by atoms with Crippen molar-refractivity contribution in [3.8, 4) is 5.75 Å².